The summed E-state index contributed by atoms with van der Waals surface area (Å²) in [4.78, 5) is 19.9. The fraction of sp³-hybridized carbons (Fsp3) is 0.615. The molecule has 1 rings (SSSR count). The Bertz CT molecular complexity index is 450. The van der Waals surface area contributed by atoms with Crippen molar-refractivity contribution in [2.24, 2.45) is 0 Å². The summed E-state index contributed by atoms with van der Waals surface area (Å²) in [6, 6.07) is 0. The molecule has 0 saturated heterocycles. The fourth-order valence-electron chi connectivity index (χ4n) is 1.56. The van der Waals surface area contributed by atoms with E-state index in [1.807, 2.05) is 13.8 Å². The summed E-state index contributed by atoms with van der Waals surface area (Å²) < 4.78 is 0. The van der Waals surface area contributed by atoms with Crippen LogP contribution in [-0.2, 0) is 0 Å². The monoisotopic (exact) mass is 284 g/mol. The fourth-order valence-corrected chi connectivity index (χ4v) is 2.64. The quantitative estimate of drug-likeness (QED) is 0.454. The molecule has 0 saturated carbocycles. The minimum Gasteiger partial charge on any atom is -0.478 e. The lowest BCUT2D eigenvalue weighted by atomic mass is 10.2. The van der Waals surface area contributed by atoms with E-state index in [4.69, 9.17) is 5.11 Å². The summed E-state index contributed by atoms with van der Waals surface area (Å²) in [6.45, 7) is 5.83. The molecule has 5 nitrogen and oxygen atoms in total. The van der Waals surface area contributed by atoms with E-state index in [0.717, 1.165) is 18.6 Å². The molecular weight excluding hydrogens is 264 g/mol. The van der Waals surface area contributed by atoms with Gasteiger partial charge < -0.3 is 10.2 Å². The number of aliphatic hydroxyl groups is 1. The molecule has 0 bridgehead atoms. The van der Waals surface area contributed by atoms with E-state index in [1.165, 1.54) is 11.8 Å². The molecule has 0 aromatic carbocycles. The normalized spacial score (nSPS) is 11.0. The van der Waals surface area contributed by atoms with Crippen LogP contribution in [0.1, 0.15) is 54.5 Å². The summed E-state index contributed by atoms with van der Waals surface area (Å²) >= 11 is 1.42. The minimum absolute atomic E-state index is 0.159. The van der Waals surface area contributed by atoms with Crippen molar-refractivity contribution in [2.45, 2.75) is 44.6 Å². The molecule has 0 atom stereocenters. The van der Waals surface area contributed by atoms with Crippen LogP contribution >= 0.6 is 11.8 Å². The number of aromatic nitrogens is 2. The first-order chi connectivity index (χ1) is 8.97. The average molecular weight is 284 g/mol. The Hall–Kier alpha value is -1.14. The highest BCUT2D eigenvalue weighted by atomic mass is 32.2. The Balaban J connectivity index is 2.99. The van der Waals surface area contributed by atoms with Gasteiger partial charge in [-0.25, -0.2) is 14.8 Å². The Morgan fingerprint density at radius 1 is 1.32 bits per heavy atom. The smallest absolute Gasteiger partial charge is 0.340 e. The van der Waals surface area contributed by atoms with Crippen molar-refractivity contribution >= 4 is 17.7 Å². The summed E-state index contributed by atoms with van der Waals surface area (Å²) in [6.07, 6.45) is 1.55. The zero-order chi connectivity index (χ0) is 14.4. The maximum absolute atomic E-state index is 11.3. The SMILES string of the molecule is Cc1nc(C(C)C)nc(SCCCCO)c1C(=O)O. The number of aromatic carboxylic acids is 1. The van der Waals surface area contributed by atoms with Crippen LogP contribution in [0, 0.1) is 6.92 Å². The molecule has 1 aromatic heterocycles. The molecule has 106 valence electrons. The molecule has 0 amide bonds. The van der Waals surface area contributed by atoms with Crippen LogP contribution in [0.15, 0.2) is 5.03 Å². The lowest BCUT2D eigenvalue weighted by Crippen LogP contribution is -2.10. The number of carbonyl (C=O) groups is 1. The molecule has 6 heteroatoms. The van der Waals surface area contributed by atoms with Gasteiger partial charge in [0.25, 0.3) is 0 Å². The van der Waals surface area contributed by atoms with E-state index in [0.29, 0.717) is 16.5 Å². The number of aryl methyl sites for hydroxylation is 1. The summed E-state index contributed by atoms with van der Waals surface area (Å²) in [5, 5.41) is 18.5. The van der Waals surface area contributed by atoms with Crippen molar-refractivity contribution in [1.82, 2.24) is 9.97 Å². The summed E-state index contributed by atoms with van der Waals surface area (Å²) in [7, 11) is 0. The predicted octanol–water partition coefficient (Wildman–Crippen LogP) is 2.47. The number of thioether (sulfide) groups is 1. The van der Waals surface area contributed by atoms with Gasteiger partial charge in [0.05, 0.1) is 5.69 Å². The molecule has 19 heavy (non-hydrogen) atoms. The second-order valence-corrected chi connectivity index (χ2v) is 5.67. The summed E-state index contributed by atoms with van der Waals surface area (Å²) in [5.74, 6) is 0.595. The molecule has 0 spiro atoms. The Kier molecular flexibility index (Phi) is 6.24. The average Bonchev–Trinajstić information content (AvgIpc) is 2.33. The molecule has 0 radical (unpaired) electrons. The van der Waals surface area contributed by atoms with E-state index in [9.17, 15) is 9.90 Å². The van der Waals surface area contributed by atoms with E-state index < -0.39 is 5.97 Å². The molecule has 0 unspecified atom stereocenters. The van der Waals surface area contributed by atoms with Gasteiger partial charge in [0.2, 0.25) is 0 Å². The van der Waals surface area contributed by atoms with Crippen molar-refractivity contribution in [3.05, 3.63) is 17.1 Å². The standard InChI is InChI=1S/C13H20N2O3S/c1-8(2)11-14-9(3)10(13(17)18)12(15-11)19-7-5-4-6-16/h8,16H,4-7H2,1-3H3,(H,17,18). The first-order valence-corrected chi connectivity index (χ1v) is 7.31. The van der Waals surface area contributed by atoms with Crippen LogP contribution < -0.4 is 0 Å². The van der Waals surface area contributed by atoms with E-state index in [-0.39, 0.29) is 18.1 Å². The maximum atomic E-state index is 11.3. The number of hydrogen-bond donors (Lipinski definition) is 2. The first-order valence-electron chi connectivity index (χ1n) is 6.32. The largest absolute Gasteiger partial charge is 0.478 e. The number of carboxylic acids is 1. The van der Waals surface area contributed by atoms with Crippen LogP contribution in [0.3, 0.4) is 0 Å². The highest BCUT2D eigenvalue weighted by Gasteiger charge is 2.19. The number of unbranched alkanes of at least 4 members (excludes halogenated alkanes) is 1. The molecule has 0 aliphatic carbocycles. The van der Waals surface area contributed by atoms with Crippen molar-refractivity contribution in [3.8, 4) is 0 Å². The van der Waals surface area contributed by atoms with Gasteiger partial charge in [-0.3, -0.25) is 0 Å². The molecule has 2 N–H and O–H groups in total. The van der Waals surface area contributed by atoms with Gasteiger partial charge in [-0.1, -0.05) is 13.8 Å². The molecule has 0 aliphatic heterocycles. The zero-order valence-electron chi connectivity index (χ0n) is 11.5. The molecule has 0 aliphatic rings. The predicted molar refractivity (Wildman–Crippen MR) is 74.9 cm³/mol. The van der Waals surface area contributed by atoms with Crippen LogP contribution in [0.2, 0.25) is 0 Å². The van der Waals surface area contributed by atoms with Gasteiger partial charge in [-0.15, -0.1) is 11.8 Å². The second kappa shape index (κ2) is 7.45. The van der Waals surface area contributed by atoms with Gasteiger partial charge in [0.1, 0.15) is 16.4 Å². The van der Waals surface area contributed by atoms with Crippen molar-refractivity contribution < 1.29 is 15.0 Å². The lowest BCUT2D eigenvalue weighted by Gasteiger charge is -2.11. The second-order valence-electron chi connectivity index (χ2n) is 4.59. The van der Waals surface area contributed by atoms with Gasteiger partial charge in [0, 0.05) is 12.5 Å². The van der Waals surface area contributed by atoms with Gasteiger partial charge >= 0.3 is 5.97 Å². The number of rotatable bonds is 7. The van der Waals surface area contributed by atoms with Crippen molar-refractivity contribution in [1.29, 1.82) is 0 Å². The third kappa shape index (κ3) is 4.47. The molecule has 1 heterocycles. The lowest BCUT2D eigenvalue weighted by molar-refractivity contribution is 0.0690. The van der Waals surface area contributed by atoms with Crippen LogP contribution in [-0.4, -0.2) is 38.5 Å². The zero-order valence-corrected chi connectivity index (χ0v) is 12.3. The van der Waals surface area contributed by atoms with Gasteiger partial charge in [-0.05, 0) is 25.5 Å². The van der Waals surface area contributed by atoms with Gasteiger partial charge in [0.15, 0.2) is 0 Å². The van der Waals surface area contributed by atoms with E-state index in [2.05, 4.69) is 9.97 Å². The summed E-state index contributed by atoms with van der Waals surface area (Å²) in [5.41, 5.74) is 0.703. The topological polar surface area (TPSA) is 83.3 Å². The first kappa shape index (κ1) is 15.9. The van der Waals surface area contributed by atoms with Gasteiger partial charge in [-0.2, -0.15) is 0 Å². The van der Waals surface area contributed by atoms with E-state index in [1.54, 1.807) is 6.92 Å². The minimum atomic E-state index is -0.988. The Morgan fingerprint density at radius 2 is 2.00 bits per heavy atom. The van der Waals surface area contributed by atoms with Crippen molar-refractivity contribution in [3.63, 3.8) is 0 Å². The highest BCUT2D eigenvalue weighted by molar-refractivity contribution is 7.99. The highest BCUT2D eigenvalue weighted by Crippen LogP contribution is 2.25. The maximum Gasteiger partial charge on any atom is 0.340 e. The Labute approximate surface area is 117 Å². The van der Waals surface area contributed by atoms with Crippen LogP contribution in [0.5, 0.6) is 0 Å². The third-order valence-corrected chi connectivity index (χ3v) is 3.66. The number of hydrogen-bond acceptors (Lipinski definition) is 5. The number of carboxylic acid groups (broad SMARTS) is 1. The van der Waals surface area contributed by atoms with Crippen molar-refractivity contribution in [2.75, 3.05) is 12.4 Å². The molecule has 0 fully saturated rings. The Morgan fingerprint density at radius 3 is 2.53 bits per heavy atom. The molecule has 1 aromatic rings. The number of aliphatic hydroxyl groups excluding tert-OH is 1. The molecular formula is C13H20N2O3S. The van der Waals surface area contributed by atoms with Crippen LogP contribution in [0.25, 0.3) is 0 Å². The van der Waals surface area contributed by atoms with E-state index >= 15 is 0 Å². The number of nitrogens with zero attached hydrogens (tertiary/aromatic N) is 2. The third-order valence-electron chi connectivity index (χ3n) is 2.60. The van der Waals surface area contributed by atoms with Crippen LogP contribution in [0.4, 0.5) is 0 Å².